The molecule has 2 unspecified atom stereocenters. The maximum atomic E-state index is 12.0. The second-order valence-corrected chi connectivity index (χ2v) is 2.83. The molecular formula is C6H11F3N2. The first-order valence-electron chi connectivity index (χ1n) is 3.56. The standard InChI is InChI=1S/C6H11F3N2/c7-6(8,9)5-3-4(10)1-2-11-5/h4-5,11H,1-3,10H2. The van der Waals surface area contributed by atoms with Crippen molar-refractivity contribution in [2.75, 3.05) is 6.54 Å². The van der Waals surface area contributed by atoms with E-state index in [1.54, 1.807) is 0 Å². The van der Waals surface area contributed by atoms with Gasteiger partial charge >= 0.3 is 6.18 Å². The summed E-state index contributed by atoms with van der Waals surface area (Å²) >= 11 is 0. The first kappa shape index (κ1) is 8.80. The quantitative estimate of drug-likeness (QED) is 0.556. The molecule has 1 aliphatic rings. The minimum Gasteiger partial charge on any atom is -0.328 e. The lowest BCUT2D eigenvalue weighted by Gasteiger charge is -2.29. The number of rotatable bonds is 0. The van der Waals surface area contributed by atoms with Gasteiger partial charge in [0.05, 0.1) is 0 Å². The number of alkyl halides is 3. The topological polar surface area (TPSA) is 38.0 Å². The molecule has 3 N–H and O–H groups in total. The van der Waals surface area contributed by atoms with Crippen LogP contribution in [0.3, 0.4) is 0 Å². The molecule has 11 heavy (non-hydrogen) atoms. The molecule has 0 amide bonds. The molecule has 0 aromatic rings. The smallest absolute Gasteiger partial charge is 0.328 e. The Labute approximate surface area is 62.9 Å². The molecule has 66 valence electrons. The van der Waals surface area contributed by atoms with E-state index in [0.29, 0.717) is 13.0 Å². The van der Waals surface area contributed by atoms with Crippen molar-refractivity contribution in [3.05, 3.63) is 0 Å². The van der Waals surface area contributed by atoms with E-state index in [0.717, 1.165) is 0 Å². The molecule has 1 heterocycles. The zero-order valence-electron chi connectivity index (χ0n) is 5.99. The van der Waals surface area contributed by atoms with E-state index in [2.05, 4.69) is 5.32 Å². The molecule has 0 aromatic heterocycles. The van der Waals surface area contributed by atoms with E-state index >= 15 is 0 Å². The Morgan fingerprint density at radius 1 is 1.36 bits per heavy atom. The third-order valence-electron chi connectivity index (χ3n) is 1.84. The van der Waals surface area contributed by atoms with Crippen LogP contribution in [0.4, 0.5) is 13.2 Å². The minimum absolute atomic E-state index is 0.00347. The number of hydrogen-bond acceptors (Lipinski definition) is 2. The average Bonchev–Trinajstić information content (AvgIpc) is 1.86. The molecule has 0 radical (unpaired) electrons. The number of piperidine rings is 1. The van der Waals surface area contributed by atoms with E-state index in [1.807, 2.05) is 0 Å². The van der Waals surface area contributed by atoms with Gasteiger partial charge in [0.15, 0.2) is 0 Å². The highest BCUT2D eigenvalue weighted by atomic mass is 19.4. The SMILES string of the molecule is NC1CCNC(C(F)(F)F)C1. The fraction of sp³-hybridized carbons (Fsp3) is 1.00. The second kappa shape index (κ2) is 2.98. The molecule has 0 aliphatic carbocycles. The summed E-state index contributed by atoms with van der Waals surface area (Å²) in [5.41, 5.74) is 5.38. The van der Waals surface area contributed by atoms with E-state index < -0.39 is 12.2 Å². The predicted molar refractivity (Wildman–Crippen MR) is 35.1 cm³/mol. The summed E-state index contributed by atoms with van der Waals surface area (Å²) in [6, 6.07) is -1.70. The van der Waals surface area contributed by atoms with Gasteiger partial charge in [-0.15, -0.1) is 0 Å². The maximum Gasteiger partial charge on any atom is 0.403 e. The van der Waals surface area contributed by atoms with Crippen LogP contribution in [0.2, 0.25) is 0 Å². The summed E-state index contributed by atoms with van der Waals surface area (Å²) < 4.78 is 36.0. The fourth-order valence-corrected chi connectivity index (χ4v) is 1.20. The first-order chi connectivity index (χ1) is 5.00. The van der Waals surface area contributed by atoms with Gasteiger partial charge in [0.1, 0.15) is 6.04 Å². The predicted octanol–water partition coefficient (Wildman–Crippen LogP) is 0.628. The molecule has 0 saturated carbocycles. The monoisotopic (exact) mass is 168 g/mol. The Kier molecular flexibility index (Phi) is 2.39. The van der Waals surface area contributed by atoms with Crippen LogP contribution in [-0.2, 0) is 0 Å². The van der Waals surface area contributed by atoms with Crippen molar-refractivity contribution in [2.45, 2.75) is 31.1 Å². The van der Waals surface area contributed by atoms with Crippen LogP contribution in [-0.4, -0.2) is 24.8 Å². The van der Waals surface area contributed by atoms with Crippen molar-refractivity contribution in [3.8, 4) is 0 Å². The van der Waals surface area contributed by atoms with Crippen molar-refractivity contribution in [3.63, 3.8) is 0 Å². The molecule has 2 nitrogen and oxygen atoms in total. The Balaban J connectivity index is 2.46. The number of halogens is 3. The molecule has 1 aliphatic heterocycles. The van der Waals surface area contributed by atoms with Crippen molar-refractivity contribution >= 4 is 0 Å². The summed E-state index contributed by atoms with van der Waals surface area (Å²) in [6.45, 7) is 0.366. The Hall–Kier alpha value is -0.290. The summed E-state index contributed by atoms with van der Waals surface area (Å²) in [5, 5.41) is 2.38. The molecule has 1 saturated heterocycles. The fourth-order valence-electron chi connectivity index (χ4n) is 1.20. The van der Waals surface area contributed by atoms with Crippen LogP contribution in [0.5, 0.6) is 0 Å². The highest BCUT2D eigenvalue weighted by Crippen LogP contribution is 2.25. The van der Waals surface area contributed by atoms with Crippen LogP contribution < -0.4 is 11.1 Å². The summed E-state index contributed by atoms with van der Waals surface area (Å²) in [4.78, 5) is 0. The zero-order chi connectivity index (χ0) is 8.48. The van der Waals surface area contributed by atoms with Crippen molar-refractivity contribution in [1.29, 1.82) is 0 Å². The Morgan fingerprint density at radius 2 is 2.00 bits per heavy atom. The largest absolute Gasteiger partial charge is 0.403 e. The Morgan fingerprint density at radius 3 is 2.36 bits per heavy atom. The normalized spacial score (nSPS) is 33.8. The van der Waals surface area contributed by atoms with Gasteiger partial charge in [-0.25, -0.2) is 0 Å². The van der Waals surface area contributed by atoms with Crippen LogP contribution in [0, 0.1) is 0 Å². The molecule has 1 rings (SSSR count). The number of hydrogen-bond donors (Lipinski definition) is 2. The van der Waals surface area contributed by atoms with Gasteiger partial charge in [-0.2, -0.15) is 13.2 Å². The number of nitrogens with one attached hydrogen (secondary N) is 1. The van der Waals surface area contributed by atoms with Crippen molar-refractivity contribution < 1.29 is 13.2 Å². The highest BCUT2D eigenvalue weighted by molar-refractivity contribution is 4.84. The second-order valence-electron chi connectivity index (χ2n) is 2.83. The summed E-state index contributed by atoms with van der Waals surface area (Å²) in [6.07, 6.45) is -3.51. The maximum absolute atomic E-state index is 12.0. The van der Waals surface area contributed by atoms with E-state index in [1.165, 1.54) is 0 Å². The van der Waals surface area contributed by atoms with Gasteiger partial charge in [-0.3, -0.25) is 0 Å². The van der Waals surface area contributed by atoms with Gasteiger partial charge in [0.25, 0.3) is 0 Å². The molecular weight excluding hydrogens is 157 g/mol. The molecule has 0 bridgehead atoms. The van der Waals surface area contributed by atoms with Crippen molar-refractivity contribution in [2.24, 2.45) is 5.73 Å². The minimum atomic E-state index is -4.14. The Bertz CT molecular complexity index is 134. The number of nitrogens with two attached hydrogens (primary N) is 1. The van der Waals surface area contributed by atoms with Gasteiger partial charge in [-0.05, 0) is 19.4 Å². The molecule has 5 heteroatoms. The lowest BCUT2D eigenvalue weighted by atomic mass is 10.0. The third-order valence-corrected chi connectivity index (χ3v) is 1.84. The van der Waals surface area contributed by atoms with Crippen molar-refractivity contribution in [1.82, 2.24) is 5.32 Å². The van der Waals surface area contributed by atoms with Crippen LogP contribution in [0.25, 0.3) is 0 Å². The van der Waals surface area contributed by atoms with Crippen LogP contribution in [0.15, 0.2) is 0 Å². The lowest BCUT2D eigenvalue weighted by Crippen LogP contribution is -2.51. The van der Waals surface area contributed by atoms with Gasteiger partial charge in [0.2, 0.25) is 0 Å². The third kappa shape index (κ3) is 2.34. The van der Waals surface area contributed by atoms with E-state index in [4.69, 9.17) is 5.73 Å². The van der Waals surface area contributed by atoms with Gasteiger partial charge in [0, 0.05) is 6.04 Å². The molecule has 0 aromatic carbocycles. The van der Waals surface area contributed by atoms with Crippen LogP contribution >= 0.6 is 0 Å². The molecule has 2 atom stereocenters. The zero-order valence-corrected chi connectivity index (χ0v) is 5.99. The first-order valence-corrected chi connectivity index (χ1v) is 3.56. The van der Waals surface area contributed by atoms with Gasteiger partial charge < -0.3 is 11.1 Å². The van der Waals surface area contributed by atoms with E-state index in [9.17, 15) is 13.2 Å². The van der Waals surface area contributed by atoms with Crippen LogP contribution in [0.1, 0.15) is 12.8 Å². The lowest BCUT2D eigenvalue weighted by molar-refractivity contribution is -0.161. The summed E-state index contributed by atoms with van der Waals surface area (Å²) in [7, 11) is 0. The van der Waals surface area contributed by atoms with E-state index in [-0.39, 0.29) is 12.5 Å². The summed E-state index contributed by atoms with van der Waals surface area (Å²) in [5.74, 6) is 0. The average molecular weight is 168 g/mol. The highest BCUT2D eigenvalue weighted by Gasteiger charge is 2.41. The molecule has 0 spiro atoms. The molecule has 1 fully saturated rings. The van der Waals surface area contributed by atoms with Gasteiger partial charge in [-0.1, -0.05) is 0 Å².